The molecule has 2 N–H and O–H groups in total. The van der Waals surface area contributed by atoms with Crippen molar-refractivity contribution in [3.05, 3.63) is 34.9 Å². The van der Waals surface area contributed by atoms with Crippen LogP contribution in [0.5, 0.6) is 0 Å². The van der Waals surface area contributed by atoms with Crippen molar-refractivity contribution in [2.75, 3.05) is 32.7 Å². The molecule has 114 valence electrons. The number of benzene rings is 1. The van der Waals surface area contributed by atoms with Crippen molar-refractivity contribution < 1.29 is 4.79 Å². The molecule has 1 aromatic rings. The van der Waals surface area contributed by atoms with Crippen LogP contribution in [0, 0.1) is 5.92 Å². The lowest BCUT2D eigenvalue weighted by molar-refractivity contribution is -0.139. The first-order chi connectivity index (χ1) is 10.3. The second kappa shape index (κ2) is 6.77. The lowest BCUT2D eigenvalue weighted by atomic mass is 9.95. The van der Waals surface area contributed by atoms with Gasteiger partial charge in [0.05, 0.1) is 12.0 Å². The van der Waals surface area contributed by atoms with Crippen LogP contribution in [-0.4, -0.2) is 43.5 Å². The Bertz CT molecular complexity index is 502. The van der Waals surface area contributed by atoms with Gasteiger partial charge in [0.15, 0.2) is 0 Å². The monoisotopic (exact) mass is 307 g/mol. The molecule has 3 rings (SSSR count). The van der Waals surface area contributed by atoms with E-state index in [0.29, 0.717) is 0 Å². The summed E-state index contributed by atoms with van der Waals surface area (Å²) in [5.41, 5.74) is 1.04. The number of hydrogen-bond donors (Lipinski definition) is 2. The van der Waals surface area contributed by atoms with Gasteiger partial charge in [0.25, 0.3) is 0 Å². The Hall–Kier alpha value is -1.10. The van der Waals surface area contributed by atoms with E-state index < -0.39 is 0 Å². The molecule has 0 radical (unpaired) electrons. The Balaban J connectivity index is 1.81. The Labute approximate surface area is 130 Å². The zero-order valence-electron chi connectivity index (χ0n) is 12.1. The number of carbonyl (C=O) groups is 1. The van der Waals surface area contributed by atoms with Crippen LogP contribution < -0.4 is 10.6 Å². The first-order valence-electron chi connectivity index (χ1n) is 7.73. The fourth-order valence-corrected chi connectivity index (χ4v) is 3.55. The molecule has 5 heteroatoms. The highest BCUT2D eigenvalue weighted by molar-refractivity contribution is 6.31. The third kappa shape index (κ3) is 3.23. The fraction of sp³-hybridized carbons (Fsp3) is 0.562. The number of amides is 1. The zero-order valence-corrected chi connectivity index (χ0v) is 12.9. The fourth-order valence-electron chi connectivity index (χ4n) is 3.29. The summed E-state index contributed by atoms with van der Waals surface area (Å²) in [6, 6.07) is 7.89. The number of rotatable bonds is 2. The second-order valence-corrected chi connectivity index (χ2v) is 6.22. The van der Waals surface area contributed by atoms with Crippen molar-refractivity contribution in [3.8, 4) is 0 Å². The molecule has 2 saturated heterocycles. The summed E-state index contributed by atoms with van der Waals surface area (Å²) in [5, 5.41) is 7.45. The molecule has 1 aromatic carbocycles. The van der Waals surface area contributed by atoms with Crippen LogP contribution in [-0.2, 0) is 4.79 Å². The molecule has 2 fully saturated rings. The topological polar surface area (TPSA) is 44.4 Å². The van der Waals surface area contributed by atoms with Crippen LogP contribution >= 0.6 is 11.6 Å². The predicted octanol–water partition coefficient (Wildman–Crippen LogP) is 1.81. The minimum atomic E-state index is 0.0434. The van der Waals surface area contributed by atoms with E-state index in [1.165, 1.54) is 0 Å². The van der Waals surface area contributed by atoms with Gasteiger partial charge in [0, 0.05) is 31.2 Å². The molecule has 2 atom stereocenters. The number of hydrogen-bond acceptors (Lipinski definition) is 3. The van der Waals surface area contributed by atoms with Crippen molar-refractivity contribution in [2.45, 2.75) is 18.9 Å². The van der Waals surface area contributed by atoms with Gasteiger partial charge in [-0.2, -0.15) is 0 Å². The molecule has 2 aliphatic rings. The average molecular weight is 308 g/mol. The number of carbonyl (C=O) groups excluding carboxylic acids is 1. The minimum Gasteiger partial charge on any atom is -0.333 e. The molecule has 0 aromatic heterocycles. The number of piperidine rings is 1. The molecular formula is C16H22ClN3O. The van der Waals surface area contributed by atoms with E-state index in [0.717, 1.165) is 56.2 Å². The highest BCUT2D eigenvalue weighted by Crippen LogP contribution is 2.30. The number of nitrogens with one attached hydrogen (secondary N) is 2. The summed E-state index contributed by atoms with van der Waals surface area (Å²) in [5.74, 6) is 0.385. The van der Waals surface area contributed by atoms with Gasteiger partial charge in [0.1, 0.15) is 0 Å². The van der Waals surface area contributed by atoms with Crippen LogP contribution in [0.4, 0.5) is 0 Å². The molecular weight excluding hydrogens is 286 g/mol. The van der Waals surface area contributed by atoms with Gasteiger partial charge in [-0.25, -0.2) is 0 Å². The maximum absolute atomic E-state index is 12.9. The highest BCUT2D eigenvalue weighted by Gasteiger charge is 2.33. The molecule has 0 bridgehead atoms. The number of halogens is 1. The molecule has 1 amide bonds. The van der Waals surface area contributed by atoms with Crippen molar-refractivity contribution >= 4 is 17.5 Å². The summed E-state index contributed by atoms with van der Waals surface area (Å²) in [6.45, 7) is 4.21. The third-order valence-electron chi connectivity index (χ3n) is 4.44. The molecule has 0 spiro atoms. The van der Waals surface area contributed by atoms with Gasteiger partial charge < -0.3 is 15.5 Å². The molecule has 2 unspecified atom stereocenters. The lowest BCUT2D eigenvalue weighted by Crippen LogP contribution is -2.52. The Morgan fingerprint density at radius 2 is 2.00 bits per heavy atom. The SMILES string of the molecule is O=C(C1CCCNC1)N1CCNCC1c1ccccc1Cl. The minimum absolute atomic E-state index is 0.0434. The molecule has 21 heavy (non-hydrogen) atoms. The maximum Gasteiger partial charge on any atom is 0.227 e. The Morgan fingerprint density at radius 1 is 1.19 bits per heavy atom. The molecule has 2 aliphatic heterocycles. The molecule has 0 aliphatic carbocycles. The first-order valence-corrected chi connectivity index (χ1v) is 8.11. The van der Waals surface area contributed by atoms with Crippen molar-refractivity contribution in [1.29, 1.82) is 0 Å². The highest BCUT2D eigenvalue weighted by atomic mass is 35.5. The van der Waals surface area contributed by atoms with E-state index in [1.807, 2.05) is 29.2 Å². The van der Waals surface area contributed by atoms with Crippen molar-refractivity contribution in [1.82, 2.24) is 15.5 Å². The summed E-state index contributed by atoms with van der Waals surface area (Å²) in [6.07, 6.45) is 2.07. The third-order valence-corrected chi connectivity index (χ3v) is 4.78. The summed E-state index contributed by atoms with van der Waals surface area (Å²) in [4.78, 5) is 14.9. The summed E-state index contributed by atoms with van der Waals surface area (Å²) >= 11 is 6.34. The Kier molecular flexibility index (Phi) is 4.78. The summed E-state index contributed by atoms with van der Waals surface area (Å²) in [7, 11) is 0. The molecule has 0 saturated carbocycles. The van der Waals surface area contributed by atoms with Gasteiger partial charge in [-0.1, -0.05) is 29.8 Å². The standard InChI is InChI=1S/C16H22ClN3O/c17-14-6-2-1-5-13(14)15-11-19-8-9-20(15)16(21)12-4-3-7-18-10-12/h1-2,5-6,12,15,18-19H,3-4,7-11H2. The summed E-state index contributed by atoms with van der Waals surface area (Å²) < 4.78 is 0. The molecule has 2 heterocycles. The van der Waals surface area contributed by atoms with E-state index in [-0.39, 0.29) is 17.9 Å². The van der Waals surface area contributed by atoms with E-state index >= 15 is 0 Å². The van der Waals surface area contributed by atoms with Crippen LogP contribution in [0.1, 0.15) is 24.4 Å². The second-order valence-electron chi connectivity index (χ2n) is 5.82. The van der Waals surface area contributed by atoms with Crippen LogP contribution in [0.15, 0.2) is 24.3 Å². The lowest BCUT2D eigenvalue weighted by Gasteiger charge is -2.39. The van der Waals surface area contributed by atoms with Crippen LogP contribution in [0.3, 0.4) is 0 Å². The van der Waals surface area contributed by atoms with Crippen LogP contribution in [0.2, 0.25) is 5.02 Å². The Morgan fingerprint density at radius 3 is 2.76 bits per heavy atom. The normalized spacial score (nSPS) is 26.6. The van der Waals surface area contributed by atoms with Gasteiger partial charge in [-0.15, -0.1) is 0 Å². The van der Waals surface area contributed by atoms with Gasteiger partial charge in [0.2, 0.25) is 5.91 Å². The van der Waals surface area contributed by atoms with Gasteiger partial charge >= 0.3 is 0 Å². The van der Waals surface area contributed by atoms with Crippen molar-refractivity contribution in [3.63, 3.8) is 0 Å². The largest absolute Gasteiger partial charge is 0.333 e. The van der Waals surface area contributed by atoms with E-state index in [9.17, 15) is 4.79 Å². The zero-order chi connectivity index (χ0) is 14.7. The van der Waals surface area contributed by atoms with Gasteiger partial charge in [-0.05, 0) is 31.0 Å². The predicted molar refractivity (Wildman–Crippen MR) is 84.4 cm³/mol. The van der Waals surface area contributed by atoms with Gasteiger partial charge in [-0.3, -0.25) is 4.79 Å². The van der Waals surface area contributed by atoms with E-state index in [2.05, 4.69) is 10.6 Å². The smallest absolute Gasteiger partial charge is 0.227 e. The quantitative estimate of drug-likeness (QED) is 0.876. The van der Waals surface area contributed by atoms with Crippen LogP contribution in [0.25, 0.3) is 0 Å². The van der Waals surface area contributed by atoms with E-state index in [4.69, 9.17) is 11.6 Å². The first kappa shape index (κ1) is 14.8. The number of piperazine rings is 1. The maximum atomic E-state index is 12.9. The molecule has 4 nitrogen and oxygen atoms in total. The average Bonchev–Trinajstić information content (AvgIpc) is 2.55. The number of nitrogens with zero attached hydrogens (tertiary/aromatic N) is 1. The van der Waals surface area contributed by atoms with Crippen molar-refractivity contribution in [2.24, 2.45) is 5.92 Å². The van der Waals surface area contributed by atoms with E-state index in [1.54, 1.807) is 0 Å².